The average molecular weight is 250 g/mol. The minimum absolute atomic E-state index is 0.0386. The molecule has 0 radical (unpaired) electrons. The van der Waals surface area contributed by atoms with Crippen LogP contribution in [0.2, 0.25) is 0 Å². The molecule has 18 heavy (non-hydrogen) atoms. The van der Waals surface area contributed by atoms with Crippen LogP contribution in [0.1, 0.15) is 30.6 Å². The molecule has 1 aromatic carbocycles. The maximum atomic E-state index is 13.4. The van der Waals surface area contributed by atoms with E-state index in [0.717, 1.165) is 5.71 Å². The maximum absolute atomic E-state index is 13.4. The monoisotopic (exact) mass is 250 g/mol. The van der Waals surface area contributed by atoms with Crippen LogP contribution < -0.4 is 5.32 Å². The second-order valence-electron chi connectivity index (χ2n) is 4.71. The van der Waals surface area contributed by atoms with Gasteiger partial charge in [-0.3, -0.25) is 4.79 Å². The number of oxime groups is 1. The zero-order valence-corrected chi connectivity index (χ0v) is 10.4. The summed E-state index contributed by atoms with van der Waals surface area (Å²) in [6.45, 7) is 4.01. The van der Waals surface area contributed by atoms with E-state index in [9.17, 15) is 9.18 Å². The van der Waals surface area contributed by atoms with E-state index >= 15 is 0 Å². The number of carbonyl (C=O) groups is 1. The van der Waals surface area contributed by atoms with Crippen molar-refractivity contribution in [1.29, 1.82) is 0 Å². The molecule has 4 nitrogen and oxygen atoms in total. The number of nitrogens with one attached hydrogen (secondary N) is 1. The Morgan fingerprint density at radius 1 is 1.56 bits per heavy atom. The molecule has 0 bridgehead atoms. The lowest BCUT2D eigenvalue weighted by Crippen LogP contribution is -2.41. The zero-order valence-electron chi connectivity index (χ0n) is 10.4. The van der Waals surface area contributed by atoms with Crippen LogP contribution in [0.15, 0.2) is 29.4 Å². The third kappa shape index (κ3) is 2.67. The summed E-state index contributed by atoms with van der Waals surface area (Å²) < 4.78 is 13.4. The van der Waals surface area contributed by atoms with Crippen molar-refractivity contribution in [2.45, 2.75) is 25.9 Å². The molecule has 1 amide bonds. The van der Waals surface area contributed by atoms with Crippen LogP contribution >= 0.6 is 0 Å². The van der Waals surface area contributed by atoms with Crippen molar-refractivity contribution in [1.82, 2.24) is 5.32 Å². The molecular weight excluding hydrogens is 235 g/mol. The highest BCUT2D eigenvalue weighted by molar-refractivity contribution is 5.94. The molecule has 1 aliphatic heterocycles. The molecule has 1 unspecified atom stereocenters. The average Bonchev–Trinajstić information content (AvgIpc) is 2.68. The lowest BCUT2D eigenvalue weighted by molar-refractivity contribution is -0.00184. The largest absolute Gasteiger partial charge is 0.387 e. The summed E-state index contributed by atoms with van der Waals surface area (Å²) in [6, 6.07) is 5.88. The summed E-state index contributed by atoms with van der Waals surface area (Å²) in [7, 11) is 0. The Labute approximate surface area is 105 Å². The molecule has 0 spiro atoms. The molecule has 5 heteroatoms. The highest BCUT2D eigenvalue weighted by Gasteiger charge is 2.33. The van der Waals surface area contributed by atoms with Gasteiger partial charge < -0.3 is 10.2 Å². The van der Waals surface area contributed by atoms with Crippen LogP contribution in [0.4, 0.5) is 4.39 Å². The van der Waals surface area contributed by atoms with Gasteiger partial charge in [-0.15, -0.1) is 0 Å². The Balaban J connectivity index is 1.96. The molecule has 1 aliphatic rings. The number of hydrogen-bond donors (Lipinski definition) is 1. The first-order chi connectivity index (χ1) is 8.50. The summed E-state index contributed by atoms with van der Waals surface area (Å²) in [4.78, 5) is 17.1. The lowest BCUT2D eigenvalue weighted by Gasteiger charge is -2.21. The maximum Gasteiger partial charge on any atom is 0.254 e. The Morgan fingerprint density at radius 3 is 2.89 bits per heavy atom. The molecule has 0 fully saturated rings. The second-order valence-corrected chi connectivity index (χ2v) is 4.71. The van der Waals surface area contributed by atoms with Crippen molar-refractivity contribution in [3.05, 3.63) is 35.6 Å². The standard InChI is InChI=1S/C13H15FN2O2/c1-9-7-13(2,18-16-9)8-15-12(17)10-5-3-4-6-11(10)14/h3-6H,7-8H2,1-2H3,(H,15,17). The van der Waals surface area contributed by atoms with Crippen LogP contribution in [0, 0.1) is 5.82 Å². The van der Waals surface area contributed by atoms with Crippen LogP contribution in [0.25, 0.3) is 0 Å². The van der Waals surface area contributed by atoms with Gasteiger partial charge in [0.25, 0.3) is 5.91 Å². The highest BCUT2D eigenvalue weighted by atomic mass is 19.1. The van der Waals surface area contributed by atoms with E-state index in [2.05, 4.69) is 10.5 Å². The third-order valence-electron chi connectivity index (χ3n) is 2.79. The van der Waals surface area contributed by atoms with Crippen LogP contribution in [0.5, 0.6) is 0 Å². The van der Waals surface area contributed by atoms with E-state index in [1.807, 2.05) is 13.8 Å². The predicted octanol–water partition coefficient (Wildman–Crippen LogP) is 2.11. The Hall–Kier alpha value is -1.91. The van der Waals surface area contributed by atoms with Crippen molar-refractivity contribution in [2.24, 2.45) is 5.16 Å². The summed E-state index contributed by atoms with van der Waals surface area (Å²) in [5.74, 6) is -0.970. The van der Waals surface area contributed by atoms with Crippen molar-refractivity contribution in [3.63, 3.8) is 0 Å². The second kappa shape index (κ2) is 4.76. The summed E-state index contributed by atoms with van der Waals surface area (Å²) in [5, 5.41) is 6.51. The van der Waals surface area contributed by atoms with E-state index in [1.54, 1.807) is 12.1 Å². The van der Waals surface area contributed by atoms with Crippen molar-refractivity contribution in [2.75, 3.05) is 6.54 Å². The topological polar surface area (TPSA) is 50.7 Å². The van der Waals surface area contributed by atoms with Gasteiger partial charge in [0.1, 0.15) is 5.82 Å². The fraction of sp³-hybridized carbons (Fsp3) is 0.385. The number of hydrogen-bond acceptors (Lipinski definition) is 3. The van der Waals surface area contributed by atoms with Gasteiger partial charge in [0.05, 0.1) is 17.8 Å². The van der Waals surface area contributed by atoms with Crippen LogP contribution in [0.3, 0.4) is 0 Å². The van der Waals surface area contributed by atoms with Crippen LogP contribution in [-0.4, -0.2) is 23.8 Å². The Bertz CT molecular complexity index is 502. The number of amides is 1. The third-order valence-corrected chi connectivity index (χ3v) is 2.79. The number of halogens is 1. The van der Waals surface area contributed by atoms with Gasteiger partial charge in [0.2, 0.25) is 0 Å². The first-order valence-electron chi connectivity index (χ1n) is 5.74. The summed E-state index contributed by atoms with van der Waals surface area (Å²) in [6.07, 6.45) is 0.657. The van der Waals surface area contributed by atoms with E-state index < -0.39 is 17.3 Å². The molecular formula is C13H15FN2O2. The van der Waals surface area contributed by atoms with Gasteiger partial charge in [0.15, 0.2) is 5.60 Å². The fourth-order valence-corrected chi connectivity index (χ4v) is 1.90. The lowest BCUT2D eigenvalue weighted by atomic mass is 10.0. The van der Waals surface area contributed by atoms with Gasteiger partial charge >= 0.3 is 0 Å². The minimum Gasteiger partial charge on any atom is -0.387 e. The van der Waals surface area contributed by atoms with Gasteiger partial charge in [-0.05, 0) is 26.0 Å². The van der Waals surface area contributed by atoms with Gasteiger partial charge in [0, 0.05) is 6.42 Å². The van der Waals surface area contributed by atoms with Crippen molar-refractivity contribution in [3.8, 4) is 0 Å². The first-order valence-corrected chi connectivity index (χ1v) is 5.74. The number of nitrogens with zero attached hydrogens (tertiary/aromatic N) is 1. The van der Waals surface area contributed by atoms with E-state index in [0.29, 0.717) is 13.0 Å². The number of benzene rings is 1. The molecule has 0 saturated heterocycles. The van der Waals surface area contributed by atoms with Gasteiger partial charge in [-0.1, -0.05) is 17.3 Å². The Morgan fingerprint density at radius 2 is 2.28 bits per heavy atom. The normalized spacial score (nSPS) is 22.3. The first kappa shape index (κ1) is 12.5. The van der Waals surface area contributed by atoms with Crippen LogP contribution in [-0.2, 0) is 4.84 Å². The molecule has 0 saturated carbocycles. The van der Waals surface area contributed by atoms with Crippen molar-refractivity contribution < 1.29 is 14.0 Å². The van der Waals surface area contributed by atoms with E-state index in [4.69, 9.17) is 4.84 Å². The minimum atomic E-state index is -0.537. The van der Waals surface area contributed by atoms with E-state index in [-0.39, 0.29) is 5.56 Å². The molecule has 0 aliphatic carbocycles. The fourth-order valence-electron chi connectivity index (χ4n) is 1.90. The van der Waals surface area contributed by atoms with Gasteiger partial charge in [-0.25, -0.2) is 4.39 Å². The van der Waals surface area contributed by atoms with Crippen molar-refractivity contribution >= 4 is 11.6 Å². The molecule has 1 aromatic rings. The molecule has 1 N–H and O–H groups in total. The smallest absolute Gasteiger partial charge is 0.254 e. The summed E-state index contributed by atoms with van der Waals surface area (Å²) >= 11 is 0. The Kier molecular flexibility index (Phi) is 3.32. The molecule has 96 valence electrons. The zero-order chi connectivity index (χ0) is 13.2. The molecule has 1 heterocycles. The molecule has 1 atom stereocenters. The SMILES string of the molecule is CC1=NOC(C)(CNC(=O)c2ccccc2F)C1. The highest BCUT2D eigenvalue weighted by Crippen LogP contribution is 2.22. The quantitative estimate of drug-likeness (QED) is 0.893. The summed E-state index contributed by atoms with van der Waals surface area (Å²) in [5.41, 5.74) is 0.389. The number of rotatable bonds is 3. The molecule has 2 rings (SSSR count). The number of carbonyl (C=O) groups excluding carboxylic acids is 1. The molecule has 0 aromatic heterocycles. The predicted molar refractivity (Wildman–Crippen MR) is 65.9 cm³/mol. The van der Waals surface area contributed by atoms with E-state index in [1.165, 1.54) is 12.1 Å². The van der Waals surface area contributed by atoms with Gasteiger partial charge in [-0.2, -0.15) is 0 Å².